The molecular formula is C10H16ClN3O2S. The molecule has 0 spiro atoms. The summed E-state index contributed by atoms with van der Waals surface area (Å²) in [5.41, 5.74) is 1.27. The molecule has 0 amide bonds. The zero-order chi connectivity index (χ0) is 12.6. The minimum atomic E-state index is -3.51. The molecule has 1 saturated carbocycles. The van der Waals surface area contributed by atoms with Crippen LogP contribution in [0.3, 0.4) is 0 Å². The fourth-order valence-corrected chi connectivity index (χ4v) is 3.52. The standard InChI is InChI=1S/C10H16ClN3O2S/c1-7-9(5-11)10(13-12-7)17(15,16)14(2)6-8-3-4-8/h8H,3-6H2,1-2H3,(H,12,13). The number of sulfonamides is 1. The number of nitrogens with one attached hydrogen (secondary N) is 1. The van der Waals surface area contributed by atoms with Crippen LogP contribution >= 0.6 is 11.6 Å². The Hall–Kier alpha value is -0.590. The van der Waals surface area contributed by atoms with Crippen LogP contribution in [-0.2, 0) is 15.9 Å². The first-order valence-electron chi connectivity index (χ1n) is 5.53. The van der Waals surface area contributed by atoms with Crippen molar-refractivity contribution in [3.63, 3.8) is 0 Å². The van der Waals surface area contributed by atoms with Gasteiger partial charge in [-0.2, -0.15) is 9.40 Å². The summed E-state index contributed by atoms with van der Waals surface area (Å²) < 4.78 is 25.9. The second kappa shape index (κ2) is 4.59. The van der Waals surface area contributed by atoms with Gasteiger partial charge in [0.1, 0.15) is 0 Å². The van der Waals surface area contributed by atoms with Gasteiger partial charge in [-0.15, -0.1) is 11.6 Å². The normalized spacial score (nSPS) is 16.7. The SMILES string of the molecule is Cc1[nH]nc(S(=O)(=O)N(C)CC2CC2)c1CCl. The Morgan fingerprint density at radius 3 is 2.71 bits per heavy atom. The van der Waals surface area contributed by atoms with E-state index < -0.39 is 10.0 Å². The van der Waals surface area contributed by atoms with Crippen LogP contribution in [0.4, 0.5) is 0 Å². The lowest BCUT2D eigenvalue weighted by Gasteiger charge is -2.15. The number of nitrogens with zero attached hydrogens (tertiary/aromatic N) is 2. The van der Waals surface area contributed by atoms with Crippen LogP contribution < -0.4 is 0 Å². The molecule has 1 aromatic rings. The van der Waals surface area contributed by atoms with Gasteiger partial charge in [-0.1, -0.05) is 0 Å². The molecule has 96 valence electrons. The Kier molecular flexibility index (Phi) is 3.47. The van der Waals surface area contributed by atoms with Gasteiger partial charge in [0.2, 0.25) is 0 Å². The van der Waals surface area contributed by atoms with Gasteiger partial charge in [-0.3, -0.25) is 5.10 Å². The minimum Gasteiger partial charge on any atom is -0.281 e. The Bertz CT molecular complexity index is 508. The molecule has 1 heterocycles. The Labute approximate surface area is 106 Å². The lowest BCUT2D eigenvalue weighted by atomic mass is 10.3. The van der Waals surface area contributed by atoms with E-state index in [0.717, 1.165) is 12.8 Å². The van der Waals surface area contributed by atoms with Gasteiger partial charge in [-0.05, 0) is 25.7 Å². The number of halogens is 1. The number of hydrogen-bond acceptors (Lipinski definition) is 3. The monoisotopic (exact) mass is 277 g/mol. The molecular weight excluding hydrogens is 262 g/mol. The van der Waals surface area contributed by atoms with Gasteiger partial charge >= 0.3 is 0 Å². The van der Waals surface area contributed by atoms with Gasteiger partial charge < -0.3 is 0 Å². The van der Waals surface area contributed by atoms with Crippen molar-refractivity contribution in [3.8, 4) is 0 Å². The third-order valence-electron chi connectivity index (χ3n) is 3.04. The summed E-state index contributed by atoms with van der Waals surface area (Å²) in [6, 6.07) is 0. The first-order chi connectivity index (χ1) is 7.96. The molecule has 0 unspecified atom stereocenters. The highest BCUT2D eigenvalue weighted by molar-refractivity contribution is 7.89. The summed E-state index contributed by atoms with van der Waals surface area (Å²) in [5, 5.41) is 6.61. The summed E-state index contributed by atoms with van der Waals surface area (Å²) in [7, 11) is -1.92. The fourth-order valence-electron chi connectivity index (χ4n) is 1.71. The van der Waals surface area contributed by atoms with Crippen molar-refractivity contribution in [3.05, 3.63) is 11.3 Å². The Morgan fingerprint density at radius 1 is 1.53 bits per heavy atom. The molecule has 0 atom stereocenters. The van der Waals surface area contributed by atoms with Crippen LogP contribution in [0.1, 0.15) is 24.1 Å². The molecule has 1 aliphatic rings. The largest absolute Gasteiger partial charge is 0.281 e. The van der Waals surface area contributed by atoms with Gasteiger partial charge in [0.05, 0.1) is 5.88 Å². The molecule has 0 saturated heterocycles. The van der Waals surface area contributed by atoms with Crippen LogP contribution in [0.5, 0.6) is 0 Å². The number of aryl methyl sites for hydroxylation is 1. The van der Waals surface area contributed by atoms with Gasteiger partial charge in [-0.25, -0.2) is 8.42 Å². The predicted octanol–water partition coefficient (Wildman–Crippen LogP) is 1.49. The Morgan fingerprint density at radius 2 is 2.18 bits per heavy atom. The quantitative estimate of drug-likeness (QED) is 0.829. The zero-order valence-corrected chi connectivity index (χ0v) is 11.5. The average Bonchev–Trinajstić information content (AvgIpc) is 2.99. The lowest BCUT2D eigenvalue weighted by Crippen LogP contribution is -2.29. The van der Waals surface area contributed by atoms with Gasteiger partial charge in [0, 0.05) is 24.8 Å². The maximum absolute atomic E-state index is 12.3. The third kappa shape index (κ3) is 2.48. The molecule has 0 aromatic carbocycles. The fraction of sp³-hybridized carbons (Fsp3) is 0.700. The first-order valence-corrected chi connectivity index (χ1v) is 7.50. The van der Waals surface area contributed by atoms with Gasteiger partial charge in [0.25, 0.3) is 10.0 Å². The van der Waals surface area contributed by atoms with Crippen molar-refractivity contribution >= 4 is 21.6 Å². The highest BCUT2D eigenvalue weighted by Gasteiger charge is 2.32. The van der Waals surface area contributed by atoms with E-state index in [9.17, 15) is 8.42 Å². The number of aromatic nitrogens is 2. The molecule has 0 bridgehead atoms. The molecule has 1 N–H and O–H groups in total. The van der Waals surface area contributed by atoms with E-state index in [-0.39, 0.29) is 10.9 Å². The van der Waals surface area contributed by atoms with Crippen molar-refractivity contribution < 1.29 is 8.42 Å². The number of aromatic amines is 1. The summed E-state index contributed by atoms with van der Waals surface area (Å²) in [5.74, 6) is 0.656. The highest BCUT2D eigenvalue weighted by Crippen LogP contribution is 2.31. The highest BCUT2D eigenvalue weighted by atomic mass is 35.5. The molecule has 1 aliphatic carbocycles. The molecule has 5 nitrogen and oxygen atoms in total. The van der Waals surface area contributed by atoms with Crippen LogP contribution in [-0.4, -0.2) is 36.5 Å². The lowest BCUT2D eigenvalue weighted by molar-refractivity contribution is 0.450. The van der Waals surface area contributed by atoms with Gasteiger partial charge in [0.15, 0.2) is 5.03 Å². The summed E-state index contributed by atoms with van der Waals surface area (Å²) >= 11 is 5.76. The molecule has 1 fully saturated rings. The molecule has 0 radical (unpaired) electrons. The van der Waals surface area contributed by atoms with Crippen molar-refractivity contribution in [1.29, 1.82) is 0 Å². The van der Waals surface area contributed by atoms with E-state index >= 15 is 0 Å². The summed E-state index contributed by atoms with van der Waals surface area (Å²) in [6.45, 7) is 2.33. The molecule has 0 aliphatic heterocycles. The zero-order valence-electron chi connectivity index (χ0n) is 9.90. The summed E-state index contributed by atoms with van der Waals surface area (Å²) in [6.07, 6.45) is 2.23. The smallest absolute Gasteiger partial charge is 0.262 e. The number of alkyl halides is 1. The van der Waals surface area contributed by atoms with Crippen LogP contribution in [0.25, 0.3) is 0 Å². The topological polar surface area (TPSA) is 66.1 Å². The second-order valence-electron chi connectivity index (χ2n) is 4.49. The Balaban J connectivity index is 2.29. The molecule has 7 heteroatoms. The van der Waals surface area contributed by atoms with Crippen molar-refractivity contribution in [2.45, 2.75) is 30.7 Å². The van der Waals surface area contributed by atoms with Crippen LogP contribution in [0.15, 0.2) is 5.03 Å². The van der Waals surface area contributed by atoms with E-state index in [1.807, 2.05) is 0 Å². The second-order valence-corrected chi connectivity index (χ2v) is 6.72. The number of hydrogen-bond donors (Lipinski definition) is 1. The van der Waals surface area contributed by atoms with E-state index in [0.29, 0.717) is 23.7 Å². The van der Waals surface area contributed by atoms with E-state index in [2.05, 4.69) is 10.2 Å². The van der Waals surface area contributed by atoms with Crippen molar-refractivity contribution in [2.75, 3.05) is 13.6 Å². The predicted molar refractivity (Wildman–Crippen MR) is 65.4 cm³/mol. The molecule has 1 aromatic heterocycles. The molecule has 2 rings (SSSR count). The van der Waals surface area contributed by atoms with Crippen LogP contribution in [0, 0.1) is 12.8 Å². The average molecular weight is 278 g/mol. The number of rotatable bonds is 5. The maximum atomic E-state index is 12.3. The van der Waals surface area contributed by atoms with Crippen LogP contribution in [0.2, 0.25) is 0 Å². The van der Waals surface area contributed by atoms with E-state index in [1.165, 1.54) is 4.31 Å². The maximum Gasteiger partial charge on any atom is 0.262 e. The minimum absolute atomic E-state index is 0.0631. The van der Waals surface area contributed by atoms with E-state index in [1.54, 1.807) is 14.0 Å². The molecule has 17 heavy (non-hydrogen) atoms. The third-order valence-corrected chi connectivity index (χ3v) is 5.10. The van der Waals surface area contributed by atoms with Crippen molar-refractivity contribution in [1.82, 2.24) is 14.5 Å². The number of H-pyrrole nitrogens is 1. The van der Waals surface area contributed by atoms with E-state index in [4.69, 9.17) is 11.6 Å². The first kappa shape index (κ1) is 12.9. The van der Waals surface area contributed by atoms with Crippen molar-refractivity contribution in [2.24, 2.45) is 5.92 Å². The summed E-state index contributed by atoms with van der Waals surface area (Å²) in [4.78, 5) is 0.